The number of carbonyl (C=O) groups excluding carboxylic acids is 5. The second-order valence-electron chi connectivity index (χ2n) is 10.6. The van der Waals surface area contributed by atoms with Gasteiger partial charge < -0.3 is 25.8 Å². The van der Waals surface area contributed by atoms with Crippen LogP contribution in [0.15, 0.2) is 48.5 Å². The zero-order valence-electron chi connectivity index (χ0n) is 23.5. The first-order valence-electron chi connectivity index (χ1n) is 13.4. The van der Waals surface area contributed by atoms with E-state index in [-0.39, 0.29) is 25.5 Å². The van der Waals surface area contributed by atoms with Crippen LogP contribution >= 0.6 is 0 Å². The number of amides is 5. The van der Waals surface area contributed by atoms with Crippen molar-refractivity contribution in [2.24, 2.45) is 5.73 Å². The Hall–Kier alpha value is -4.61. The standard InChI is InChI=1S/C29H37N5O7/c1-29(2,3)41-28(39)32-23(26(37)34-33-25(36)16-24(30)35)14-8-9-15-31-27(38)40-17-22-20-12-6-4-10-18(20)19-11-5-7-13-21(19)22/h4-7,10-13,22-23H,8-9,14-17H2,1-3H3,(H2,30,35)(H,31,38)(H,32,39)(H,33,36)(H,34,37)/t23-/m0/s1. The quantitative estimate of drug-likeness (QED) is 0.157. The fourth-order valence-electron chi connectivity index (χ4n) is 4.45. The third-order valence-electron chi connectivity index (χ3n) is 6.20. The van der Waals surface area contributed by atoms with E-state index in [2.05, 4.69) is 33.6 Å². The van der Waals surface area contributed by atoms with Gasteiger partial charge in [-0.15, -0.1) is 0 Å². The molecule has 0 aliphatic heterocycles. The topological polar surface area (TPSA) is 178 Å². The number of nitrogens with two attached hydrogens (primary N) is 1. The highest BCUT2D eigenvalue weighted by Crippen LogP contribution is 2.44. The van der Waals surface area contributed by atoms with E-state index < -0.39 is 48.0 Å². The normalized spacial score (nSPS) is 12.8. The lowest BCUT2D eigenvalue weighted by atomic mass is 9.98. The van der Waals surface area contributed by atoms with Gasteiger partial charge in [-0.25, -0.2) is 9.59 Å². The number of primary amides is 1. The summed E-state index contributed by atoms with van der Waals surface area (Å²) < 4.78 is 10.7. The molecule has 0 aromatic heterocycles. The molecule has 1 atom stereocenters. The van der Waals surface area contributed by atoms with E-state index in [0.717, 1.165) is 22.3 Å². The summed E-state index contributed by atoms with van der Waals surface area (Å²) in [6.45, 7) is 5.53. The number of nitrogens with one attached hydrogen (secondary N) is 4. The van der Waals surface area contributed by atoms with Gasteiger partial charge in [-0.3, -0.25) is 25.2 Å². The summed E-state index contributed by atoms with van der Waals surface area (Å²) in [5.74, 6) is -2.41. The number of rotatable bonds is 11. The molecule has 220 valence electrons. The molecule has 2 aromatic carbocycles. The number of hydrogen-bond donors (Lipinski definition) is 5. The average molecular weight is 568 g/mol. The zero-order chi connectivity index (χ0) is 30.0. The second-order valence-corrected chi connectivity index (χ2v) is 10.6. The average Bonchev–Trinajstić information content (AvgIpc) is 3.22. The van der Waals surface area contributed by atoms with Gasteiger partial charge in [0.1, 0.15) is 24.7 Å². The Kier molecular flexibility index (Phi) is 10.7. The van der Waals surface area contributed by atoms with Crippen LogP contribution in [0.4, 0.5) is 9.59 Å². The first-order valence-corrected chi connectivity index (χ1v) is 13.4. The van der Waals surface area contributed by atoms with E-state index in [0.29, 0.717) is 12.8 Å². The van der Waals surface area contributed by atoms with E-state index in [1.807, 2.05) is 36.4 Å². The molecule has 1 aliphatic carbocycles. The predicted octanol–water partition coefficient (Wildman–Crippen LogP) is 2.61. The zero-order valence-corrected chi connectivity index (χ0v) is 23.5. The molecule has 1 aliphatic rings. The van der Waals surface area contributed by atoms with Gasteiger partial charge in [-0.2, -0.15) is 0 Å². The second kappa shape index (κ2) is 14.1. The van der Waals surface area contributed by atoms with Crippen LogP contribution in [0.5, 0.6) is 0 Å². The smallest absolute Gasteiger partial charge is 0.408 e. The van der Waals surface area contributed by atoms with Crippen molar-refractivity contribution in [1.82, 2.24) is 21.5 Å². The third-order valence-corrected chi connectivity index (χ3v) is 6.20. The number of fused-ring (bicyclic) bond motifs is 3. The maximum Gasteiger partial charge on any atom is 0.408 e. The first kappa shape index (κ1) is 30.9. The maximum absolute atomic E-state index is 12.6. The van der Waals surface area contributed by atoms with Crippen molar-refractivity contribution in [3.63, 3.8) is 0 Å². The molecule has 2 aromatic rings. The van der Waals surface area contributed by atoms with E-state index >= 15 is 0 Å². The fraction of sp³-hybridized carbons (Fsp3) is 0.414. The highest BCUT2D eigenvalue weighted by Gasteiger charge is 2.29. The Balaban J connectivity index is 1.45. The number of alkyl carbamates (subject to hydrolysis) is 2. The Labute approximate surface area is 238 Å². The van der Waals surface area contributed by atoms with Crippen molar-refractivity contribution in [2.45, 2.75) is 64.0 Å². The summed E-state index contributed by atoms with van der Waals surface area (Å²) in [6, 6.07) is 15.1. The molecule has 0 saturated heterocycles. The number of unbranched alkanes of at least 4 members (excludes halogenated alkanes) is 1. The van der Waals surface area contributed by atoms with Crippen LogP contribution in [0.2, 0.25) is 0 Å². The van der Waals surface area contributed by atoms with Crippen LogP contribution in [0, 0.1) is 0 Å². The van der Waals surface area contributed by atoms with E-state index in [9.17, 15) is 24.0 Å². The maximum atomic E-state index is 12.6. The van der Waals surface area contributed by atoms with Gasteiger partial charge in [-0.05, 0) is 62.3 Å². The molecule has 0 bridgehead atoms. The summed E-state index contributed by atoms with van der Waals surface area (Å²) in [5, 5.41) is 5.19. The molecule has 12 nitrogen and oxygen atoms in total. The third kappa shape index (κ3) is 9.52. The molecule has 6 N–H and O–H groups in total. The highest BCUT2D eigenvalue weighted by atomic mass is 16.6. The number of hydrazine groups is 1. The SMILES string of the molecule is CC(C)(C)OC(=O)N[C@@H](CCCCNC(=O)OCC1c2ccccc2-c2ccccc21)C(=O)NNC(=O)CC(N)=O. The lowest BCUT2D eigenvalue weighted by molar-refractivity contribution is -0.132. The Bertz CT molecular complexity index is 1230. The summed E-state index contributed by atoms with van der Waals surface area (Å²) >= 11 is 0. The molecule has 0 heterocycles. The largest absolute Gasteiger partial charge is 0.449 e. The number of carbonyl (C=O) groups is 5. The fourth-order valence-corrected chi connectivity index (χ4v) is 4.45. The van der Waals surface area contributed by atoms with Crippen LogP contribution in [0.25, 0.3) is 11.1 Å². The monoisotopic (exact) mass is 567 g/mol. The first-order chi connectivity index (χ1) is 19.4. The Morgan fingerprint density at radius 2 is 1.49 bits per heavy atom. The number of hydrogen-bond acceptors (Lipinski definition) is 7. The van der Waals surface area contributed by atoms with Crippen LogP contribution in [-0.4, -0.2) is 54.7 Å². The van der Waals surface area contributed by atoms with Crippen LogP contribution in [0.3, 0.4) is 0 Å². The van der Waals surface area contributed by atoms with Gasteiger partial charge in [0.05, 0.1) is 0 Å². The lowest BCUT2D eigenvalue weighted by Crippen LogP contribution is -2.53. The molecule has 0 radical (unpaired) electrons. The molecule has 0 unspecified atom stereocenters. The number of benzene rings is 2. The molecule has 0 fully saturated rings. The van der Waals surface area contributed by atoms with Gasteiger partial charge in [0.15, 0.2) is 0 Å². The molecule has 0 saturated carbocycles. The molecule has 0 spiro atoms. The van der Waals surface area contributed by atoms with E-state index in [4.69, 9.17) is 15.2 Å². The van der Waals surface area contributed by atoms with Crippen molar-refractivity contribution in [1.29, 1.82) is 0 Å². The van der Waals surface area contributed by atoms with Gasteiger partial charge >= 0.3 is 12.2 Å². The van der Waals surface area contributed by atoms with Gasteiger partial charge in [0, 0.05) is 12.5 Å². The van der Waals surface area contributed by atoms with E-state index in [1.54, 1.807) is 20.8 Å². The minimum absolute atomic E-state index is 0.0465. The Morgan fingerprint density at radius 3 is 2.07 bits per heavy atom. The lowest BCUT2D eigenvalue weighted by Gasteiger charge is -2.23. The molecule has 41 heavy (non-hydrogen) atoms. The summed E-state index contributed by atoms with van der Waals surface area (Å²) in [4.78, 5) is 59.7. The molecule has 5 amide bonds. The molecule has 12 heteroatoms. The van der Waals surface area contributed by atoms with Gasteiger partial charge in [0.2, 0.25) is 11.8 Å². The molecule has 3 rings (SSSR count). The van der Waals surface area contributed by atoms with Crippen LogP contribution in [-0.2, 0) is 23.9 Å². The van der Waals surface area contributed by atoms with Crippen molar-refractivity contribution in [3.05, 3.63) is 59.7 Å². The molecular weight excluding hydrogens is 530 g/mol. The summed E-state index contributed by atoms with van der Waals surface area (Å²) in [5.41, 5.74) is 12.9. The summed E-state index contributed by atoms with van der Waals surface area (Å²) in [6.07, 6.45) is -0.858. The van der Waals surface area contributed by atoms with E-state index in [1.165, 1.54) is 0 Å². The van der Waals surface area contributed by atoms with Crippen LogP contribution in [0.1, 0.15) is 63.5 Å². The van der Waals surface area contributed by atoms with Crippen molar-refractivity contribution in [3.8, 4) is 11.1 Å². The minimum Gasteiger partial charge on any atom is -0.449 e. The van der Waals surface area contributed by atoms with Gasteiger partial charge in [-0.1, -0.05) is 48.5 Å². The van der Waals surface area contributed by atoms with Crippen LogP contribution < -0.4 is 27.2 Å². The van der Waals surface area contributed by atoms with Crippen molar-refractivity contribution in [2.75, 3.05) is 13.2 Å². The van der Waals surface area contributed by atoms with Gasteiger partial charge in [0.25, 0.3) is 5.91 Å². The molecular formula is C29H37N5O7. The summed E-state index contributed by atoms with van der Waals surface area (Å²) in [7, 11) is 0. The minimum atomic E-state index is -1.05. The van der Waals surface area contributed by atoms with Crippen molar-refractivity contribution >= 4 is 29.9 Å². The predicted molar refractivity (Wildman–Crippen MR) is 150 cm³/mol. The Morgan fingerprint density at radius 1 is 0.878 bits per heavy atom. The van der Waals surface area contributed by atoms with Crippen molar-refractivity contribution < 1.29 is 33.4 Å². The number of ether oxygens (including phenoxy) is 2. The highest BCUT2D eigenvalue weighted by molar-refractivity contribution is 5.97.